The minimum absolute atomic E-state index is 0. The third-order valence-electron chi connectivity index (χ3n) is 3.22. The van der Waals surface area contributed by atoms with Crippen LogP contribution >= 0.6 is 24.0 Å². The molecule has 5 nitrogen and oxygen atoms in total. The summed E-state index contributed by atoms with van der Waals surface area (Å²) >= 11 is 0. The van der Waals surface area contributed by atoms with Crippen LogP contribution in [0.1, 0.15) is 5.56 Å². The number of ether oxygens (including phenoxy) is 2. The van der Waals surface area contributed by atoms with Gasteiger partial charge in [-0.15, -0.1) is 24.0 Å². The maximum atomic E-state index is 5.63. The Labute approximate surface area is 160 Å². The van der Waals surface area contributed by atoms with Crippen LogP contribution in [0, 0.1) is 0 Å². The van der Waals surface area contributed by atoms with Gasteiger partial charge in [-0.1, -0.05) is 30.3 Å². The lowest BCUT2D eigenvalue weighted by molar-refractivity contribution is 0.322. The van der Waals surface area contributed by atoms with Crippen molar-refractivity contribution in [2.75, 3.05) is 27.3 Å². The Hall–Kier alpha value is -1.96. The molecule has 0 heterocycles. The third-order valence-corrected chi connectivity index (χ3v) is 3.22. The summed E-state index contributed by atoms with van der Waals surface area (Å²) in [5.74, 6) is 2.46. The number of rotatable bonds is 7. The number of aliphatic imine (C=N–C) groups is 1. The number of methoxy groups -OCH3 is 1. The molecular weight excluding hydrogens is 417 g/mol. The van der Waals surface area contributed by atoms with Gasteiger partial charge in [0.05, 0.1) is 13.7 Å². The quantitative estimate of drug-likeness (QED) is 0.300. The summed E-state index contributed by atoms with van der Waals surface area (Å²) in [4.78, 5) is 4.20. The van der Waals surface area contributed by atoms with E-state index in [9.17, 15) is 0 Å². The molecule has 0 aromatic heterocycles. The molecule has 0 unspecified atom stereocenters. The Morgan fingerprint density at radius 3 is 2.46 bits per heavy atom. The largest absolute Gasteiger partial charge is 0.497 e. The Morgan fingerprint density at radius 1 is 1.00 bits per heavy atom. The van der Waals surface area contributed by atoms with Crippen LogP contribution in [0.25, 0.3) is 0 Å². The number of para-hydroxylation sites is 1. The number of nitrogens with zero attached hydrogens (tertiary/aromatic N) is 1. The molecule has 0 aliphatic rings. The molecule has 6 heteroatoms. The highest BCUT2D eigenvalue weighted by Crippen LogP contribution is 2.12. The van der Waals surface area contributed by atoms with Gasteiger partial charge in [-0.3, -0.25) is 4.99 Å². The Morgan fingerprint density at radius 2 is 1.75 bits per heavy atom. The zero-order chi connectivity index (χ0) is 16.3. The molecule has 2 rings (SSSR count). The maximum Gasteiger partial charge on any atom is 0.191 e. The fourth-order valence-electron chi connectivity index (χ4n) is 2.04. The van der Waals surface area contributed by atoms with Crippen LogP contribution < -0.4 is 20.1 Å². The van der Waals surface area contributed by atoms with Crippen LogP contribution in [-0.2, 0) is 6.54 Å². The van der Waals surface area contributed by atoms with Gasteiger partial charge in [-0.2, -0.15) is 0 Å². The number of guanidine groups is 1. The summed E-state index contributed by atoms with van der Waals surface area (Å²) in [6.45, 7) is 1.92. The SMILES string of the molecule is CN=C(NCCOc1ccccc1)NCc1cccc(OC)c1.I. The van der Waals surface area contributed by atoms with E-state index in [1.54, 1.807) is 14.2 Å². The summed E-state index contributed by atoms with van der Waals surface area (Å²) in [7, 11) is 3.42. The summed E-state index contributed by atoms with van der Waals surface area (Å²) in [5.41, 5.74) is 1.13. The van der Waals surface area contributed by atoms with Crippen LogP contribution in [0.15, 0.2) is 59.6 Å². The summed E-state index contributed by atoms with van der Waals surface area (Å²) in [6.07, 6.45) is 0. The number of nitrogens with one attached hydrogen (secondary N) is 2. The molecule has 0 atom stereocenters. The first-order valence-electron chi connectivity index (χ1n) is 7.57. The topological polar surface area (TPSA) is 54.9 Å². The average molecular weight is 441 g/mol. The van der Waals surface area contributed by atoms with E-state index in [1.165, 1.54) is 0 Å². The van der Waals surface area contributed by atoms with Crippen LogP contribution in [0.2, 0.25) is 0 Å². The molecule has 24 heavy (non-hydrogen) atoms. The van der Waals surface area contributed by atoms with E-state index < -0.39 is 0 Å². The third kappa shape index (κ3) is 7.08. The Kier molecular flexibility index (Phi) is 9.67. The molecule has 0 saturated carbocycles. The van der Waals surface area contributed by atoms with Crippen molar-refractivity contribution in [1.82, 2.24) is 10.6 Å². The van der Waals surface area contributed by atoms with Gasteiger partial charge in [0.25, 0.3) is 0 Å². The smallest absolute Gasteiger partial charge is 0.191 e. The van der Waals surface area contributed by atoms with Gasteiger partial charge >= 0.3 is 0 Å². The van der Waals surface area contributed by atoms with Crippen molar-refractivity contribution in [2.24, 2.45) is 4.99 Å². The molecule has 0 amide bonds. The molecule has 2 aromatic rings. The summed E-state index contributed by atoms with van der Waals surface area (Å²) in [6, 6.07) is 17.7. The van der Waals surface area contributed by atoms with Crippen LogP contribution in [0.4, 0.5) is 0 Å². The fourth-order valence-corrected chi connectivity index (χ4v) is 2.04. The van der Waals surface area contributed by atoms with E-state index in [0.29, 0.717) is 19.7 Å². The van der Waals surface area contributed by atoms with Crippen molar-refractivity contribution in [3.63, 3.8) is 0 Å². The van der Waals surface area contributed by atoms with Gasteiger partial charge in [0.15, 0.2) is 5.96 Å². The Bertz CT molecular complexity index is 621. The van der Waals surface area contributed by atoms with Gasteiger partial charge in [0.1, 0.15) is 18.1 Å². The van der Waals surface area contributed by atoms with Gasteiger partial charge in [-0.25, -0.2) is 0 Å². The van der Waals surface area contributed by atoms with Crippen LogP contribution in [0.5, 0.6) is 11.5 Å². The molecule has 0 aliphatic heterocycles. The van der Waals surface area contributed by atoms with Crippen molar-refractivity contribution >= 4 is 29.9 Å². The predicted molar refractivity (Wildman–Crippen MR) is 109 cm³/mol. The van der Waals surface area contributed by atoms with Crippen molar-refractivity contribution in [3.8, 4) is 11.5 Å². The number of hydrogen-bond acceptors (Lipinski definition) is 3. The van der Waals surface area contributed by atoms with Crippen LogP contribution in [-0.4, -0.2) is 33.3 Å². The highest BCUT2D eigenvalue weighted by atomic mass is 127. The standard InChI is InChI=1S/C18H23N3O2.HI/c1-19-18(20-11-12-23-16-8-4-3-5-9-16)21-14-15-7-6-10-17(13-15)22-2;/h3-10,13H,11-12,14H2,1-2H3,(H2,19,20,21);1H. The molecule has 0 saturated heterocycles. The first-order valence-corrected chi connectivity index (χ1v) is 7.57. The summed E-state index contributed by atoms with van der Waals surface area (Å²) < 4.78 is 10.9. The molecule has 0 bridgehead atoms. The molecule has 2 aromatic carbocycles. The molecule has 0 fully saturated rings. The van der Waals surface area contributed by atoms with E-state index in [2.05, 4.69) is 15.6 Å². The minimum atomic E-state index is 0. The molecule has 2 N–H and O–H groups in total. The average Bonchev–Trinajstić information content (AvgIpc) is 2.62. The van der Waals surface area contributed by atoms with Crippen molar-refractivity contribution in [2.45, 2.75) is 6.54 Å². The van der Waals surface area contributed by atoms with Crippen molar-refractivity contribution in [1.29, 1.82) is 0 Å². The Balaban J connectivity index is 0.00000288. The first-order chi connectivity index (χ1) is 11.3. The van der Waals surface area contributed by atoms with Gasteiger partial charge in [0.2, 0.25) is 0 Å². The minimum Gasteiger partial charge on any atom is -0.497 e. The van der Waals surface area contributed by atoms with E-state index in [-0.39, 0.29) is 24.0 Å². The summed E-state index contributed by atoms with van der Waals surface area (Å²) in [5, 5.41) is 6.48. The molecule has 0 radical (unpaired) electrons. The molecule has 0 aliphatic carbocycles. The lowest BCUT2D eigenvalue weighted by Gasteiger charge is -2.13. The normalized spacial score (nSPS) is 10.5. The molecule has 130 valence electrons. The van der Waals surface area contributed by atoms with Gasteiger partial charge in [-0.05, 0) is 29.8 Å². The maximum absolute atomic E-state index is 5.63. The van der Waals surface area contributed by atoms with Crippen molar-refractivity contribution < 1.29 is 9.47 Å². The number of halogens is 1. The lowest BCUT2D eigenvalue weighted by Crippen LogP contribution is -2.38. The first kappa shape index (κ1) is 20.1. The number of hydrogen-bond donors (Lipinski definition) is 2. The second kappa shape index (κ2) is 11.6. The zero-order valence-corrected chi connectivity index (χ0v) is 16.3. The van der Waals surface area contributed by atoms with Crippen molar-refractivity contribution in [3.05, 3.63) is 60.2 Å². The van der Waals surface area contributed by atoms with Crippen LogP contribution in [0.3, 0.4) is 0 Å². The van der Waals surface area contributed by atoms with E-state index in [4.69, 9.17) is 9.47 Å². The second-order valence-electron chi connectivity index (χ2n) is 4.87. The van der Waals surface area contributed by atoms with Gasteiger partial charge < -0.3 is 20.1 Å². The van der Waals surface area contributed by atoms with E-state index in [0.717, 1.165) is 23.0 Å². The van der Waals surface area contributed by atoms with Gasteiger partial charge in [0, 0.05) is 13.6 Å². The second-order valence-corrected chi connectivity index (χ2v) is 4.87. The lowest BCUT2D eigenvalue weighted by atomic mass is 10.2. The molecular formula is C18H24IN3O2. The van der Waals surface area contributed by atoms with E-state index in [1.807, 2.05) is 54.6 Å². The monoisotopic (exact) mass is 441 g/mol. The molecule has 0 spiro atoms. The van der Waals surface area contributed by atoms with E-state index >= 15 is 0 Å². The number of benzene rings is 2. The highest BCUT2D eigenvalue weighted by molar-refractivity contribution is 14.0. The highest BCUT2D eigenvalue weighted by Gasteiger charge is 2.00. The fraction of sp³-hybridized carbons (Fsp3) is 0.278. The predicted octanol–water partition coefficient (Wildman–Crippen LogP) is 3.06. The zero-order valence-electron chi connectivity index (χ0n) is 14.0.